The van der Waals surface area contributed by atoms with E-state index in [-0.39, 0.29) is 17.5 Å². The summed E-state index contributed by atoms with van der Waals surface area (Å²) in [6, 6.07) is 9.87. The third-order valence-corrected chi connectivity index (χ3v) is 6.44. The summed E-state index contributed by atoms with van der Waals surface area (Å²) in [5, 5.41) is 3.26. The van der Waals surface area contributed by atoms with Crippen molar-refractivity contribution in [2.24, 2.45) is 5.92 Å². The monoisotopic (exact) mass is 380 g/mol. The van der Waals surface area contributed by atoms with Crippen LogP contribution in [-0.4, -0.2) is 52.2 Å². The molecule has 1 aromatic heterocycles. The van der Waals surface area contributed by atoms with Crippen LogP contribution in [-0.2, 0) is 16.5 Å². The second-order valence-corrected chi connectivity index (χ2v) is 9.61. The Morgan fingerprint density at radius 3 is 2.68 bits per heavy atom. The van der Waals surface area contributed by atoms with E-state index in [4.69, 9.17) is 12.2 Å². The molecule has 0 saturated carbocycles. The third-order valence-electron chi connectivity index (χ3n) is 4.37. The van der Waals surface area contributed by atoms with Crippen LogP contribution in [0.3, 0.4) is 0 Å². The average molecular weight is 381 g/mol. The summed E-state index contributed by atoms with van der Waals surface area (Å²) in [7, 11) is -2.92. The molecule has 1 aliphatic rings. The number of aromatic amines is 1. The predicted molar refractivity (Wildman–Crippen MR) is 101 cm³/mol. The van der Waals surface area contributed by atoms with Gasteiger partial charge >= 0.3 is 0 Å². The van der Waals surface area contributed by atoms with Crippen molar-refractivity contribution in [3.05, 3.63) is 35.1 Å². The fraction of sp³-hybridized carbons (Fsp3) is 0.529. The molecule has 1 aromatic carbocycles. The molecule has 25 heavy (non-hydrogen) atoms. The number of hydrogen-bond donors (Lipinski definition) is 1. The minimum absolute atomic E-state index is 0.0396. The van der Waals surface area contributed by atoms with Gasteiger partial charge in [0.05, 0.1) is 18.2 Å². The van der Waals surface area contributed by atoms with Crippen molar-refractivity contribution in [1.82, 2.24) is 19.7 Å². The highest BCUT2D eigenvalue weighted by Crippen LogP contribution is 2.20. The van der Waals surface area contributed by atoms with Gasteiger partial charge in [-0.25, -0.2) is 13.1 Å². The minimum atomic E-state index is -2.92. The van der Waals surface area contributed by atoms with E-state index in [1.807, 2.05) is 35.0 Å². The van der Waals surface area contributed by atoms with Gasteiger partial charge in [0, 0.05) is 18.2 Å². The van der Waals surface area contributed by atoms with Crippen LogP contribution in [0.1, 0.15) is 20.3 Å². The SMILES string of the molecule is CC(C)CN(Cn1[nH]c(-c2ccccc2)nc1=S)[C@H]1CCS(=O)(=O)C1. The highest BCUT2D eigenvalue weighted by molar-refractivity contribution is 7.91. The van der Waals surface area contributed by atoms with Gasteiger partial charge in [0.2, 0.25) is 4.77 Å². The highest BCUT2D eigenvalue weighted by atomic mass is 32.2. The van der Waals surface area contributed by atoms with Crippen LogP contribution in [0, 0.1) is 10.7 Å². The normalized spacial score (nSPS) is 19.8. The maximum absolute atomic E-state index is 11.9. The molecular formula is C17H24N4O2S2. The summed E-state index contributed by atoms with van der Waals surface area (Å²) in [6.07, 6.45) is 0.683. The zero-order valence-electron chi connectivity index (χ0n) is 14.6. The van der Waals surface area contributed by atoms with Crippen LogP contribution in [0.25, 0.3) is 11.4 Å². The summed E-state index contributed by atoms with van der Waals surface area (Å²) < 4.78 is 26.0. The first-order chi connectivity index (χ1) is 11.8. The van der Waals surface area contributed by atoms with Gasteiger partial charge in [-0.15, -0.1) is 0 Å². The van der Waals surface area contributed by atoms with Gasteiger partial charge in [-0.05, 0) is 24.6 Å². The van der Waals surface area contributed by atoms with E-state index in [2.05, 4.69) is 28.8 Å². The molecular weight excluding hydrogens is 356 g/mol. The van der Waals surface area contributed by atoms with E-state index in [9.17, 15) is 8.42 Å². The van der Waals surface area contributed by atoms with Crippen LogP contribution < -0.4 is 0 Å². The molecule has 0 unspecified atom stereocenters. The first-order valence-corrected chi connectivity index (χ1v) is 10.7. The molecule has 6 nitrogen and oxygen atoms in total. The van der Waals surface area contributed by atoms with E-state index in [0.717, 1.165) is 17.9 Å². The van der Waals surface area contributed by atoms with Gasteiger partial charge in [0.15, 0.2) is 15.7 Å². The van der Waals surface area contributed by atoms with E-state index < -0.39 is 9.84 Å². The number of rotatable bonds is 6. The lowest BCUT2D eigenvalue weighted by molar-refractivity contribution is 0.137. The second-order valence-electron chi connectivity index (χ2n) is 7.01. The largest absolute Gasteiger partial charge is 0.280 e. The quantitative estimate of drug-likeness (QED) is 0.780. The van der Waals surface area contributed by atoms with Gasteiger partial charge in [-0.2, -0.15) is 4.98 Å². The Hall–Kier alpha value is -1.51. The molecule has 136 valence electrons. The molecule has 1 atom stereocenters. The molecule has 3 rings (SSSR count). The second kappa shape index (κ2) is 7.39. The van der Waals surface area contributed by atoms with Crippen molar-refractivity contribution in [3.8, 4) is 11.4 Å². The first kappa shape index (κ1) is 18.3. The first-order valence-electron chi connectivity index (χ1n) is 8.51. The smallest absolute Gasteiger partial charge is 0.217 e. The van der Waals surface area contributed by atoms with Gasteiger partial charge in [0.1, 0.15) is 0 Å². The summed E-state index contributed by atoms with van der Waals surface area (Å²) in [5.41, 5.74) is 0.978. The number of nitrogens with zero attached hydrogens (tertiary/aromatic N) is 3. The Balaban J connectivity index is 1.82. The Morgan fingerprint density at radius 2 is 2.08 bits per heavy atom. The zero-order valence-corrected chi connectivity index (χ0v) is 16.2. The molecule has 2 aromatic rings. The topological polar surface area (TPSA) is 71.0 Å². The lowest BCUT2D eigenvalue weighted by atomic mass is 10.1. The van der Waals surface area contributed by atoms with Gasteiger partial charge in [0.25, 0.3) is 0 Å². The van der Waals surface area contributed by atoms with Gasteiger partial charge in [-0.3, -0.25) is 10.00 Å². The van der Waals surface area contributed by atoms with Crippen LogP contribution in [0.2, 0.25) is 0 Å². The average Bonchev–Trinajstić information content (AvgIpc) is 3.10. The molecule has 0 spiro atoms. The molecule has 8 heteroatoms. The molecule has 1 fully saturated rings. The molecule has 0 bridgehead atoms. The van der Waals surface area contributed by atoms with E-state index >= 15 is 0 Å². The highest BCUT2D eigenvalue weighted by Gasteiger charge is 2.32. The fourth-order valence-electron chi connectivity index (χ4n) is 3.21. The van der Waals surface area contributed by atoms with Crippen molar-refractivity contribution in [2.45, 2.75) is 33.0 Å². The lowest BCUT2D eigenvalue weighted by Crippen LogP contribution is -2.40. The Labute approximate surface area is 153 Å². The number of hydrogen-bond acceptors (Lipinski definition) is 5. The number of nitrogens with one attached hydrogen (secondary N) is 1. The van der Waals surface area contributed by atoms with E-state index in [0.29, 0.717) is 23.8 Å². The molecule has 0 radical (unpaired) electrons. The zero-order chi connectivity index (χ0) is 18.0. The summed E-state index contributed by atoms with van der Waals surface area (Å²) >= 11 is 5.40. The predicted octanol–water partition coefficient (Wildman–Crippen LogP) is 2.71. The maximum Gasteiger partial charge on any atom is 0.217 e. The number of benzene rings is 1. The van der Waals surface area contributed by atoms with Crippen molar-refractivity contribution in [2.75, 3.05) is 18.1 Å². The Bertz CT molecular complexity index is 872. The van der Waals surface area contributed by atoms with Crippen LogP contribution in [0.4, 0.5) is 0 Å². The van der Waals surface area contributed by atoms with Crippen LogP contribution in [0.5, 0.6) is 0 Å². The van der Waals surface area contributed by atoms with E-state index in [1.54, 1.807) is 0 Å². The fourth-order valence-corrected chi connectivity index (χ4v) is 5.17. The molecule has 2 heterocycles. The summed E-state index contributed by atoms with van der Waals surface area (Å²) in [4.78, 5) is 6.65. The lowest BCUT2D eigenvalue weighted by Gasteiger charge is -2.29. The van der Waals surface area contributed by atoms with Gasteiger partial charge < -0.3 is 0 Å². The molecule has 1 N–H and O–H groups in total. The molecule has 1 saturated heterocycles. The third kappa shape index (κ3) is 4.56. The Kier molecular flexibility index (Phi) is 5.41. The number of aromatic nitrogens is 3. The summed E-state index contributed by atoms with van der Waals surface area (Å²) in [6.45, 7) is 5.62. The minimum Gasteiger partial charge on any atom is -0.280 e. The summed E-state index contributed by atoms with van der Waals surface area (Å²) in [5.74, 6) is 1.67. The van der Waals surface area contributed by atoms with Crippen molar-refractivity contribution in [3.63, 3.8) is 0 Å². The Morgan fingerprint density at radius 1 is 1.36 bits per heavy atom. The van der Waals surface area contributed by atoms with Crippen molar-refractivity contribution >= 4 is 22.1 Å². The van der Waals surface area contributed by atoms with Gasteiger partial charge in [-0.1, -0.05) is 44.2 Å². The molecule has 1 aliphatic heterocycles. The van der Waals surface area contributed by atoms with E-state index in [1.165, 1.54) is 0 Å². The molecule has 0 aliphatic carbocycles. The standard InChI is InChI=1S/C17H24N4O2S2/c1-13(2)10-20(15-8-9-25(22,23)11-15)12-21-17(24)18-16(19-21)14-6-4-3-5-7-14/h3-7,13,15H,8-12H2,1-2H3,(H,18,19,24)/t15-/m0/s1. The molecule has 0 amide bonds. The van der Waals surface area contributed by atoms with Crippen LogP contribution in [0.15, 0.2) is 30.3 Å². The maximum atomic E-state index is 11.9. The van der Waals surface area contributed by atoms with Crippen molar-refractivity contribution in [1.29, 1.82) is 0 Å². The number of sulfone groups is 1. The van der Waals surface area contributed by atoms with Crippen LogP contribution >= 0.6 is 12.2 Å². The van der Waals surface area contributed by atoms with Crippen molar-refractivity contribution < 1.29 is 8.42 Å². The number of H-pyrrole nitrogens is 1.